The Labute approximate surface area is 121 Å². The molecule has 9 heteroatoms. The molecule has 1 fully saturated rings. The second-order valence-electron chi connectivity index (χ2n) is 4.48. The van der Waals surface area contributed by atoms with E-state index in [4.69, 9.17) is 5.84 Å². The van der Waals surface area contributed by atoms with E-state index in [1.165, 1.54) is 0 Å². The Hall–Kier alpha value is -1.48. The predicted octanol–water partition coefficient (Wildman–Crippen LogP) is -0.0621. The highest BCUT2D eigenvalue weighted by Gasteiger charge is 2.17. The lowest BCUT2D eigenvalue weighted by Gasteiger charge is -2.16. The molecule has 1 saturated heterocycles. The molecule has 1 aromatic rings. The summed E-state index contributed by atoms with van der Waals surface area (Å²) in [7, 11) is -0.800. The minimum Gasteiger partial charge on any atom is -0.353 e. The molecule has 1 unspecified atom stereocenters. The standard InChI is InChI=1S/C11H21N7OS/c1-2-20(19)8-5-13-9-14-10(17-12)16-11(15-9)18-6-3-4-7-18/h2-8,12H2,1H3,(H2,13,14,15,16,17). The summed E-state index contributed by atoms with van der Waals surface area (Å²) in [6.45, 7) is 4.37. The molecule has 0 radical (unpaired) electrons. The number of nitrogens with two attached hydrogens (primary N) is 1. The number of rotatable bonds is 7. The van der Waals surface area contributed by atoms with Gasteiger partial charge in [-0.25, -0.2) is 5.84 Å². The first-order chi connectivity index (χ1) is 9.72. The zero-order valence-corrected chi connectivity index (χ0v) is 12.4. The summed E-state index contributed by atoms with van der Waals surface area (Å²) < 4.78 is 11.4. The monoisotopic (exact) mass is 299 g/mol. The second kappa shape index (κ2) is 7.34. The van der Waals surface area contributed by atoms with Crippen LogP contribution < -0.4 is 21.5 Å². The molecule has 2 rings (SSSR count). The van der Waals surface area contributed by atoms with E-state index in [0.29, 0.717) is 35.9 Å². The van der Waals surface area contributed by atoms with Crippen molar-refractivity contribution in [2.45, 2.75) is 19.8 Å². The van der Waals surface area contributed by atoms with Crippen LogP contribution in [0.2, 0.25) is 0 Å². The van der Waals surface area contributed by atoms with Gasteiger partial charge in [0.05, 0.1) is 0 Å². The third kappa shape index (κ3) is 4.01. The van der Waals surface area contributed by atoms with Crippen molar-refractivity contribution in [1.82, 2.24) is 15.0 Å². The van der Waals surface area contributed by atoms with E-state index in [2.05, 4.69) is 30.6 Å². The van der Waals surface area contributed by atoms with Crippen molar-refractivity contribution in [1.29, 1.82) is 0 Å². The number of hydrogen-bond acceptors (Lipinski definition) is 8. The summed E-state index contributed by atoms with van der Waals surface area (Å²) in [5.41, 5.74) is 2.45. The minimum atomic E-state index is -0.800. The number of nitrogens with one attached hydrogen (secondary N) is 2. The fourth-order valence-electron chi connectivity index (χ4n) is 1.99. The van der Waals surface area contributed by atoms with Gasteiger partial charge in [-0.3, -0.25) is 9.63 Å². The van der Waals surface area contributed by atoms with Crippen LogP contribution in [0.3, 0.4) is 0 Å². The van der Waals surface area contributed by atoms with Crippen molar-refractivity contribution < 1.29 is 4.21 Å². The van der Waals surface area contributed by atoms with E-state index in [9.17, 15) is 4.21 Å². The van der Waals surface area contributed by atoms with Crippen molar-refractivity contribution in [3.63, 3.8) is 0 Å². The Bertz CT molecular complexity index is 464. The van der Waals surface area contributed by atoms with Crippen LogP contribution in [0, 0.1) is 0 Å². The molecule has 8 nitrogen and oxygen atoms in total. The molecule has 0 spiro atoms. The van der Waals surface area contributed by atoms with Gasteiger partial charge < -0.3 is 10.2 Å². The lowest BCUT2D eigenvalue weighted by atomic mass is 10.4. The van der Waals surface area contributed by atoms with E-state index in [1.807, 2.05) is 6.92 Å². The van der Waals surface area contributed by atoms with Crippen molar-refractivity contribution in [2.24, 2.45) is 5.84 Å². The Kier molecular flexibility index (Phi) is 5.48. The van der Waals surface area contributed by atoms with Gasteiger partial charge >= 0.3 is 0 Å². The highest BCUT2D eigenvalue weighted by molar-refractivity contribution is 7.84. The van der Waals surface area contributed by atoms with Crippen molar-refractivity contribution in [3.8, 4) is 0 Å². The van der Waals surface area contributed by atoms with Crippen molar-refractivity contribution in [2.75, 3.05) is 46.8 Å². The minimum absolute atomic E-state index is 0.334. The summed E-state index contributed by atoms with van der Waals surface area (Å²) in [5, 5.41) is 3.07. The number of hydrazine groups is 1. The van der Waals surface area contributed by atoms with Gasteiger partial charge in [-0.2, -0.15) is 15.0 Å². The molecular weight excluding hydrogens is 278 g/mol. The lowest BCUT2D eigenvalue weighted by molar-refractivity contribution is 0.684. The Morgan fingerprint density at radius 1 is 1.25 bits per heavy atom. The Morgan fingerprint density at radius 2 is 1.95 bits per heavy atom. The first-order valence-electron chi connectivity index (χ1n) is 6.79. The molecule has 0 amide bonds. The zero-order chi connectivity index (χ0) is 14.4. The SMILES string of the molecule is CCS(=O)CCNc1nc(NN)nc(N2CCCC2)n1. The van der Waals surface area contributed by atoms with E-state index >= 15 is 0 Å². The van der Waals surface area contributed by atoms with Crippen LogP contribution in [0.15, 0.2) is 0 Å². The topological polar surface area (TPSA) is 109 Å². The van der Waals surface area contributed by atoms with E-state index in [1.54, 1.807) is 0 Å². The molecule has 1 aromatic heterocycles. The average molecular weight is 299 g/mol. The molecule has 1 atom stereocenters. The maximum atomic E-state index is 11.4. The third-order valence-electron chi connectivity index (χ3n) is 3.08. The Morgan fingerprint density at radius 3 is 2.60 bits per heavy atom. The van der Waals surface area contributed by atoms with Gasteiger partial charge in [-0.15, -0.1) is 0 Å². The number of hydrogen-bond donors (Lipinski definition) is 3. The molecule has 4 N–H and O–H groups in total. The van der Waals surface area contributed by atoms with Gasteiger partial charge in [-0.1, -0.05) is 6.92 Å². The van der Waals surface area contributed by atoms with Crippen LogP contribution in [0.25, 0.3) is 0 Å². The maximum absolute atomic E-state index is 11.4. The summed E-state index contributed by atoms with van der Waals surface area (Å²) in [6, 6.07) is 0. The molecule has 0 saturated carbocycles. The van der Waals surface area contributed by atoms with Gasteiger partial charge in [-0.05, 0) is 12.8 Å². The molecule has 2 heterocycles. The first-order valence-corrected chi connectivity index (χ1v) is 8.28. The molecule has 20 heavy (non-hydrogen) atoms. The van der Waals surface area contributed by atoms with Crippen LogP contribution in [0.4, 0.5) is 17.8 Å². The summed E-state index contributed by atoms with van der Waals surface area (Å²) in [5.74, 6) is 8.05. The highest BCUT2D eigenvalue weighted by Crippen LogP contribution is 2.18. The summed E-state index contributed by atoms with van der Waals surface area (Å²) in [6.07, 6.45) is 2.30. The van der Waals surface area contributed by atoms with Crippen LogP contribution in [0.5, 0.6) is 0 Å². The van der Waals surface area contributed by atoms with Crippen LogP contribution in [-0.2, 0) is 10.8 Å². The quantitative estimate of drug-likeness (QED) is 0.474. The number of nitrogen functional groups attached to an aromatic ring is 1. The van der Waals surface area contributed by atoms with Gasteiger partial charge in [0.15, 0.2) is 0 Å². The molecular formula is C11H21N7OS. The highest BCUT2D eigenvalue weighted by atomic mass is 32.2. The fraction of sp³-hybridized carbons (Fsp3) is 0.727. The molecule has 1 aliphatic heterocycles. The van der Waals surface area contributed by atoms with Crippen molar-refractivity contribution in [3.05, 3.63) is 0 Å². The smallest absolute Gasteiger partial charge is 0.243 e. The molecule has 0 aromatic carbocycles. The molecule has 1 aliphatic rings. The predicted molar refractivity (Wildman–Crippen MR) is 81.1 cm³/mol. The van der Waals surface area contributed by atoms with Crippen molar-refractivity contribution >= 4 is 28.6 Å². The van der Waals surface area contributed by atoms with Gasteiger partial charge in [0, 0.05) is 41.9 Å². The summed E-state index contributed by atoms with van der Waals surface area (Å²) >= 11 is 0. The normalized spacial score (nSPS) is 16.2. The fourth-order valence-corrected chi connectivity index (χ4v) is 2.61. The zero-order valence-electron chi connectivity index (χ0n) is 11.6. The lowest BCUT2D eigenvalue weighted by Crippen LogP contribution is -2.24. The van der Waals surface area contributed by atoms with E-state index < -0.39 is 10.8 Å². The second-order valence-corrected chi connectivity index (χ2v) is 6.35. The Balaban J connectivity index is 2.03. The number of nitrogens with zero attached hydrogens (tertiary/aromatic N) is 4. The van der Waals surface area contributed by atoms with Crippen LogP contribution in [-0.4, -0.2) is 50.3 Å². The largest absolute Gasteiger partial charge is 0.353 e. The van der Waals surface area contributed by atoms with E-state index in [-0.39, 0.29) is 0 Å². The van der Waals surface area contributed by atoms with Crippen LogP contribution >= 0.6 is 0 Å². The van der Waals surface area contributed by atoms with Gasteiger partial charge in [0.1, 0.15) is 0 Å². The molecule has 0 aliphatic carbocycles. The maximum Gasteiger partial charge on any atom is 0.243 e. The van der Waals surface area contributed by atoms with Gasteiger partial charge in [0.25, 0.3) is 0 Å². The summed E-state index contributed by atoms with van der Waals surface area (Å²) in [4.78, 5) is 14.9. The average Bonchev–Trinajstić information content (AvgIpc) is 3.01. The number of anilines is 3. The first kappa shape index (κ1) is 14.9. The van der Waals surface area contributed by atoms with Crippen LogP contribution in [0.1, 0.15) is 19.8 Å². The van der Waals surface area contributed by atoms with Gasteiger partial charge in [0.2, 0.25) is 17.8 Å². The third-order valence-corrected chi connectivity index (χ3v) is 4.38. The van der Waals surface area contributed by atoms with E-state index in [0.717, 1.165) is 25.9 Å². The molecule has 112 valence electrons. The molecule has 0 bridgehead atoms. The number of aromatic nitrogens is 3.